The summed E-state index contributed by atoms with van der Waals surface area (Å²) in [5.74, 6) is -0.979. The zero-order chi connectivity index (χ0) is 15.6. The number of urea groups is 1. The van der Waals surface area contributed by atoms with Gasteiger partial charge in [0.25, 0.3) is 0 Å². The summed E-state index contributed by atoms with van der Waals surface area (Å²) in [7, 11) is 1.73. The Morgan fingerprint density at radius 1 is 1.43 bits per heavy atom. The van der Waals surface area contributed by atoms with Gasteiger partial charge in [-0.25, -0.2) is 9.59 Å². The quantitative estimate of drug-likeness (QED) is 0.930. The number of carbonyl (C=O) groups is 2. The number of amides is 2. The van der Waals surface area contributed by atoms with Gasteiger partial charge in [0.1, 0.15) is 0 Å². The van der Waals surface area contributed by atoms with E-state index in [0.717, 1.165) is 17.5 Å². The summed E-state index contributed by atoms with van der Waals surface area (Å²) < 4.78 is 0. The molecule has 114 valence electrons. The first-order valence-corrected chi connectivity index (χ1v) is 7.31. The van der Waals surface area contributed by atoms with Crippen LogP contribution in [0.3, 0.4) is 0 Å². The van der Waals surface area contributed by atoms with E-state index >= 15 is 0 Å². The van der Waals surface area contributed by atoms with Crippen LogP contribution in [0.1, 0.15) is 37.4 Å². The fraction of sp³-hybridized carbons (Fsp3) is 0.500. The molecule has 1 aliphatic rings. The Hall–Kier alpha value is -2.04. The monoisotopic (exact) mass is 290 g/mol. The Balaban J connectivity index is 2.33. The van der Waals surface area contributed by atoms with Gasteiger partial charge in [-0.3, -0.25) is 0 Å². The average molecular weight is 290 g/mol. The lowest BCUT2D eigenvalue weighted by Crippen LogP contribution is -2.50. The number of rotatable bonds is 3. The molecule has 2 atom stereocenters. The molecule has 1 aromatic rings. The standard InChI is InChI=1S/C16H22N2O3/c1-4-11(2)17(3)16(21)18-10-9-12-7-5-6-8-13(12)14(18)15(19)20/h5-8,11,14H,4,9-10H2,1-3H3,(H,19,20). The minimum absolute atomic E-state index is 0.0871. The molecule has 0 saturated carbocycles. The Labute approximate surface area is 125 Å². The van der Waals surface area contributed by atoms with Crippen LogP contribution in [0, 0.1) is 0 Å². The van der Waals surface area contributed by atoms with E-state index in [1.165, 1.54) is 4.90 Å². The van der Waals surface area contributed by atoms with Crippen LogP contribution in [0.5, 0.6) is 0 Å². The van der Waals surface area contributed by atoms with Gasteiger partial charge in [0, 0.05) is 19.6 Å². The van der Waals surface area contributed by atoms with E-state index in [0.29, 0.717) is 13.0 Å². The van der Waals surface area contributed by atoms with Gasteiger partial charge in [-0.1, -0.05) is 31.2 Å². The summed E-state index contributed by atoms with van der Waals surface area (Å²) in [6, 6.07) is 6.44. The van der Waals surface area contributed by atoms with E-state index in [-0.39, 0.29) is 12.1 Å². The zero-order valence-corrected chi connectivity index (χ0v) is 12.7. The van der Waals surface area contributed by atoms with E-state index in [1.807, 2.05) is 32.0 Å². The van der Waals surface area contributed by atoms with Crippen molar-refractivity contribution in [3.63, 3.8) is 0 Å². The predicted molar refractivity (Wildman–Crippen MR) is 80.1 cm³/mol. The third kappa shape index (κ3) is 2.86. The molecule has 1 aliphatic heterocycles. The summed E-state index contributed by atoms with van der Waals surface area (Å²) in [5, 5.41) is 9.57. The van der Waals surface area contributed by atoms with Crippen LogP contribution in [0.25, 0.3) is 0 Å². The molecule has 0 radical (unpaired) electrons. The number of aliphatic carboxylic acids is 1. The number of hydrogen-bond acceptors (Lipinski definition) is 2. The lowest BCUT2D eigenvalue weighted by atomic mass is 9.93. The van der Waals surface area contributed by atoms with Crippen LogP contribution in [0.15, 0.2) is 24.3 Å². The highest BCUT2D eigenvalue weighted by Crippen LogP contribution is 2.30. The molecular formula is C16H22N2O3. The third-order valence-corrected chi connectivity index (χ3v) is 4.32. The van der Waals surface area contributed by atoms with Gasteiger partial charge in [-0.15, -0.1) is 0 Å². The number of carbonyl (C=O) groups excluding carboxylic acids is 1. The van der Waals surface area contributed by atoms with Crippen molar-refractivity contribution in [2.45, 2.75) is 38.8 Å². The van der Waals surface area contributed by atoms with E-state index in [9.17, 15) is 14.7 Å². The van der Waals surface area contributed by atoms with Crippen molar-refractivity contribution in [2.24, 2.45) is 0 Å². The fourth-order valence-corrected chi connectivity index (χ4v) is 2.70. The molecule has 1 N–H and O–H groups in total. The highest BCUT2D eigenvalue weighted by molar-refractivity contribution is 5.84. The number of benzene rings is 1. The lowest BCUT2D eigenvalue weighted by Gasteiger charge is -2.38. The molecule has 5 heteroatoms. The smallest absolute Gasteiger partial charge is 0.331 e. The molecular weight excluding hydrogens is 268 g/mol. The molecule has 0 saturated heterocycles. The molecule has 0 aromatic heterocycles. The Bertz CT molecular complexity index is 544. The second-order valence-electron chi connectivity index (χ2n) is 5.53. The van der Waals surface area contributed by atoms with E-state index in [2.05, 4.69) is 0 Å². The van der Waals surface area contributed by atoms with Crippen molar-refractivity contribution in [1.29, 1.82) is 0 Å². The van der Waals surface area contributed by atoms with Gasteiger partial charge in [0.05, 0.1) is 0 Å². The van der Waals surface area contributed by atoms with Crippen molar-refractivity contribution in [3.8, 4) is 0 Å². The van der Waals surface area contributed by atoms with E-state index < -0.39 is 12.0 Å². The molecule has 5 nitrogen and oxygen atoms in total. The Kier molecular flexibility index (Phi) is 4.50. The maximum atomic E-state index is 12.6. The Morgan fingerprint density at radius 3 is 2.71 bits per heavy atom. The minimum atomic E-state index is -0.979. The van der Waals surface area contributed by atoms with Crippen LogP contribution in [-0.2, 0) is 11.2 Å². The summed E-state index contributed by atoms with van der Waals surface area (Å²) in [6.45, 7) is 4.41. The molecule has 2 unspecified atom stereocenters. The maximum Gasteiger partial charge on any atom is 0.331 e. The van der Waals surface area contributed by atoms with Gasteiger partial charge in [-0.2, -0.15) is 0 Å². The predicted octanol–water partition coefficient (Wildman–Crippen LogP) is 2.52. The normalized spacial score (nSPS) is 18.8. The highest BCUT2D eigenvalue weighted by atomic mass is 16.4. The summed E-state index contributed by atoms with van der Waals surface area (Å²) in [5.41, 5.74) is 1.74. The molecule has 21 heavy (non-hydrogen) atoms. The number of fused-ring (bicyclic) bond motifs is 1. The van der Waals surface area contributed by atoms with Crippen LogP contribution in [-0.4, -0.2) is 46.5 Å². The maximum absolute atomic E-state index is 12.6. The number of hydrogen-bond donors (Lipinski definition) is 1. The Morgan fingerprint density at radius 2 is 2.10 bits per heavy atom. The van der Waals surface area contributed by atoms with Crippen LogP contribution in [0.4, 0.5) is 4.79 Å². The van der Waals surface area contributed by atoms with Crippen molar-refractivity contribution >= 4 is 12.0 Å². The van der Waals surface area contributed by atoms with Gasteiger partial charge < -0.3 is 14.9 Å². The first-order valence-electron chi connectivity index (χ1n) is 7.31. The minimum Gasteiger partial charge on any atom is -0.479 e. The van der Waals surface area contributed by atoms with Gasteiger partial charge >= 0.3 is 12.0 Å². The summed E-state index contributed by atoms with van der Waals surface area (Å²) in [4.78, 5) is 27.4. The highest BCUT2D eigenvalue weighted by Gasteiger charge is 2.37. The molecule has 0 bridgehead atoms. The molecule has 0 spiro atoms. The third-order valence-electron chi connectivity index (χ3n) is 4.32. The van der Waals surface area contributed by atoms with Crippen LogP contribution >= 0.6 is 0 Å². The molecule has 2 amide bonds. The van der Waals surface area contributed by atoms with Crippen LogP contribution in [0.2, 0.25) is 0 Å². The molecule has 1 heterocycles. The van der Waals surface area contributed by atoms with Gasteiger partial charge in [-0.05, 0) is 30.9 Å². The van der Waals surface area contributed by atoms with Crippen molar-refractivity contribution in [3.05, 3.63) is 35.4 Å². The van der Waals surface area contributed by atoms with Crippen LogP contribution < -0.4 is 0 Å². The molecule has 0 fully saturated rings. The van der Waals surface area contributed by atoms with Gasteiger partial charge in [0.15, 0.2) is 6.04 Å². The largest absolute Gasteiger partial charge is 0.479 e. The molecule has 1 aromatic carbocycles. The second-order valence-corrected chi connectivity index (χ2v) is 5.53. The number of carboxylic acid groups (broad SMARTS) is 1. The number of carboxylic acids is 1. The van der Waals surface area contributed by atoms with Crippen molar-refractivity contribution in [1.82, 2.24) is 9.80 Å². The fourth-order valence-electron chi connectivity index (χ4n) is 2.70. The average Bonchev–Trinajstić information content (AvgIpc) is 2.51. The molecule has 2 rings (SSSR count). The SMILES string of the molecule is CCC(C)N(C)C(=O)N1CCc2ccccc2C1C(=O)O. The van der Waals surface area contributed by atoms with E-state index in [1.54, 1.807) is 18.0 Å². The summed E-state index contributed by atoms with van der Waals surface area (Å²) in [6.07, 6.45) is 1.53. The molecule has 0 aliphatic carbocycles. The van der Waals surface area contributed by atoms with Gasteiger partial charge in [0.2, 0.25) is 0 Å². The second kappa shape index (κ2) is 6.16. The van der Waals surface area contributed by atoms with Crippen molar-refractivity contribution < 1.29 is 14.7 Å². The zero-order valence-electron chi connectivity index (χ0n) is 12.7. The summed E-state index contributed by atoms with van der Waals surface area (Å²) >= 11 is 0. The first-order chi connectivity index (χ1) is 9.97. The van der Waals surface area contributed by atoms with Crippen molar-refractivity contribution in [2.75, 3.05) is 13.6 Å². The number of nitrogens with zero attached hydrogens (tertiary/aromatic N) is 2. The first kappa shape index (κ1) is 15.4. The topological polar surface area (TPSA) is 60.9 Å². The van der Waals surface area contributed by atoms with E-state index in [4.69, 9.17) is 0 Å². The lowest BCUT2D eigenvalue weighted by molar-refractivity contribution is -0.143.